The minimum absolute atomic E-state index is 0.00706. The van der Waals surface area contributed by atoms with E-state index in [9.17, 15) is 4.79 Å². The lowest BCUT2D eigenvalue weighted by Gasteiger charge is -2.00. The second-order valence-electron chi connectivity index (χ2n) is 5.30. The van der Waals surface area contributed by atoms with E-state index >= 15 is 0 Å². The number of thiazole rings is 1. The van der Waals surface area contributed by atoms with Gasteiger partial charge in [0, 0.05) is 23.3 Å². The molecule has 124 valence electrons. The molecule has 1 aromatic carbocycles. The lowest BCUT2D eigenvalue weighted by molar-refractivity contribution is -0.144. The molecule has 3 heterocycles. The maximum Gasteiger partial charge on any atom is 0.312 e. The van der Waals surface area contributed by atoms with Crippen LogP contribution in [-0.4, -0.2) is 20.9 Å². The van der Waals surface area contributed by atoms with Gasteiger partial charge in [-0.1, -0.05) is 12.1 Å². The molecule has 0 saturated carbocycles. The van der Waals surface area contributed by atoms with Crippen molar-refractivity contribution in [3.05, 3.63) is 65.8 Å². The SMILES string of the molecule is O=C(Cc1csc(-c2cccnc2)n1)OCc1nc2ccccc2o1. The van der Waals surface area contributed by atoms with Crippen LogP contribution in [0.2, 0.25) is 0 Å². The number of fused-ring (bicyclic) bond motifs is 1. The second kappa shape index (κ2) is 6.82. The highest BCUT2D eigenvalue weighted by atomic mass is 32.1. The van der Waals surface area contributed by atoms with Crippen LogP contribution in [0.15, 0.2) is 58.6 Å². The molecule has 4 rings (SSSR count). The molecule has 4 aromatic rings. The lowest BCUT2D eigenvalue weighted by Crippen LogP contribution is -2.08. The summed E-state index contributed by atoms with van der Waals surface area (Å²) in [6.45, 7) is 0.00706. The third kappa shape index (κ3) is 3.56. The fourth-order valence-corrected chi connectivity index (χ4v) is 3.14. The number of benzene rings is 1. The Balaban J connectivity index is 1.37. The molecule has 0 fully saturated rings. The van der Waals surface area contributed by atoms with Gasteiger partial charge in [0.1, 0.15) is 10.5 Å². The third-order valence-corrected chi connectivity index (χ3v) is 4.42. The van der Waals surface area contributed by atoms with Crippen LogP contribution >= 0.6 is 11.3 Å². The first-order valence-corrected chi connectivity index (χ1v) is 8.51. The molecule has 0 amide bonds. The van der Waals surface area contributed by atoms with Gasteiger partial charge in [-0.25, -0.2) is 9.97 Å². The monoisotopic (exact) mass is 351 g/mol. The van der Waals surface area contributed by atoms with Crippen LogP contribution < -0.4 is 0 Å². The Morgan fingerprint density at radius 1 is 1.16 bits per heavy atom. The van der Waals surface area contributed by atoms with Crippen LogP contribution in [-0.2, 0) is 22.6 Å². The number of pyridine rings is 1. The predicted molar refractivity (Wildman–Crippen MR) is 92.9 cm³/mol. The van der Waals surface area contributed by atoms with Gasteiger partial charge in [-0.2, -0.15) is 0 Å². The Bertz CT molecular complexity index is 978. The molecule has 3 aromatic heterocycles. The Kier molecular flexibility index (Phi) is 4.22. The van der Waals surface area contributed by atoms with Crippen molar-refractivity contribution < 1.29 is 13.9 Å². The largest absolute Gasteiger partial charge is 0.455 e. The van der Waals surface area contributed by atoms with Gasteiger partial charge in [0.05, 0.1) is 12.1 Å². The van der Waals surface area contributed by atoms with Gasteiger partial charge in [0.2, 0.25) is 5.89 Å². The molecule has 0 bridgehead atoms. The molecule has 6 nitrogen and oxygen atoms in total. The first kappa shape index (κ1) is 15.5. The van der Waals surface area contributed by atoms with Crippen molar-refractivity contribution in [3.8, 4) is 10.6 Å². The molecule has 0 spiro atoms. The number of para-hydroxylation sites is 2. The maximum atomic E-state index is 12.0. The van der Waals surface area contributed by atoms with E-state index in [4.69, 9.17) is 9.15 Å². The summed E-state index contributed by atoms with van der Waals surface area (Å²) in [5, 5.41) is 2.68. The summed E-state index contributed by atoms with van der Waals surface area (Å²) in [6, 6.07) is 11.2. The minimum atomic E-state index is -0.370. The van der Waals surface area contributed by atoms with E-state index < -0.39 is 0 Å². The van der Waals surface area contributed by atoms with E-state index in [0.717, 1.165) is 16.1 Å². The Morgan fingerprint density at radius 2 is 2.08 bits per heavy atom. The van der Waals surface area contributed by atoms with Gasteiger partial charge in [-0.3, -0.25) is 9.78 Å². The molecule has 0 unspecified atom stereocenters. The number of oxazole rings is 1. The van der Waals surface area contributed by atoms with E-state index in [1.807, 2.05) is 41.8 Å². The van der Waals surface area contributed by atoms with Gasteiger partial charge < -0.3 is 9.15 Å². The molecular formula is C18H13N3O3S. The fourth-order valence-electron chi connectivity index (χ4n) is 2.33. The fraction of sp³-hybridized carbons (Fsp3) is 0.111. The van der Waals surface area contributed by atoms with Crippen molar-refractivity contribution in [2.24, 2.45) is 0 Å². The molecular weight excluding hydrogens is 338 g/mol. The quantitative estimate of drug-likeness (QED) is 0.511. The van der Waals surface area contributed by atoms with Crippen LogP contribution in [0.5, 0.6) is 0 Å². The van der Waals surface area contributed by atoms with Crippen molar-refractivity contribution in [3.63, 3.8) is 0 Å². The Morgan fingerprint density at radius 3 is 2.92 bits per heavy atom. The van der Waals surface area contributed by atoms with E-state index in [1.54, 1.807) is 12.4 Å². The van der Waals surface area contributed by atoms with E-state index in [2.05, 4.69) is 15.0 Å². The summed E-state index contributed by atoms with van der Waals surface area (Å²) in [7, 11) is 0. The summed E-state index contributed by atoms with van der Waals surface area (Å²) >= 11 is 1.47. The van der Waals surface area contributed by atoms with Gasteiger partial charge in [-0.05, 0) is 24.3 Å². The van der Waals surface area contributed by atoms with Crippen LogP contribution in [0, 0.1) is 0 Å². The number of ether oxygens (including phenoxy) is 1. The molecule has 0 radical (unpaired) electrons. The second-order valence-corrected chi connectivity index (χ2v) is 6.16. The molecule has 0 saturated heterocycles. The molecule has 7 heteroatoms. The van der Waals surface area contributed by atoms with Crippen LogP contribution in [0.1, 0.15) is 11.6 Å². The van der Waals surface area contributed by atoms with Crippen molar-refractivity contribution >= 4 is 28.4 Å². The lowest BCUT2D eigenvalue weighted by atomic mass is 10.3. The third-order valence-electron chi connectivity index (χ3n) is 3.48. The summed E-state index contributed by atoms with van der Waals surface area (Å²) in [5.74, 6) is 0.00849. The number of aromatic nitrogens is 3. The summed E-state index contributed by atoms with van der Waals surface area (Å²) < 4.78 is 10.8. The number of carbonyl (C=O) groups excluding carboxylic acids is 1. The molecule has 0 atom stereocenters. The average Bonchev–Trinajstić information content (AvgIpc) is 3.27. The van der Waals surface area contributed by atoms with Crippen LogP contribution in [0.4, 0.5) is 0 Å². The summed E-state index contributed by atoms with van der Waals surface area (Å²) in [4.78, 5) is 24.8. The number of rotatable bonds is 5. The molecule has 25 heavy (non-hydrogen) atoms. The Labute approximate surface area is 147 Å². The number of esters is 1. The zero-order valence-electron chi connectivity index (χ0n) is 13.1. The molecule has 0 N–H and O–H groups in total. The number of nitrogens with zero attached hydrogens (tertiary/aromatic N) is 3. The van der Waals surface area contributed by atoms with E-state index in [1.165, 1.54) is 11.3 Å². The maximum absolute atomic E-state index is 12.0. The first-order valence-electron chi connectivity index (χ1n) is 7.63. The number of carbonyl (C=O) groups is 1. The normalized spacial score (nSPS) is 10.9. The summed E-state index contributed by atoms with van der Waals surface area (Å²) in [5.41, 5.74) is 3.02. The van der Waals surface area contributed by atoms with Gasteiger partial charge in [-0.15, -0.1) is 11.3 Å². The van der Waals surface area contributed by atoms with Gasteiger partial charge in [0.25, 0.3) is 0 Å². The Hall–Kier alpha value is -3.06. The molecule has 0 aliphatic carbocycles. The summed E-state index contributed by atoms with van der Waals surface area (Å²) in [6.07, 6.45) is 3.56. The van der Waals surface area contributed by atoms with Crippen molar-refractivity contribution in [1.29, 1.82) is 0 Å². The topological polar surface area (TPSA) is 78.1 Å². The highest BCUT2D eigenvalue weighted by molar-refractivity contribution is 7.13. The van der Waals surface area contributed by atoms with Crippen LogP contribution in [0.3, 0.4) is 0 Å². The van der Waals surface area contributed by atoms with Crippen molar-refractivity contribution in [2.45, 2.75) is 13.0 Å². The number of hydrogen-bond donors (Lipinski definition) is 0. The van der Waals surface area contributed by atoms with Gasteiger partial charge >= 0.3 is 5.97 Å². The zero-order chi connectivity index (χ0) is 17.1. The molecule has 0 aliphatic rings. The standard InChI is InChI=1S/C18H13N3O3S/c22-17(23-10-16-21-14-5-1-2-6-15(14)24-16)8-13-11-25-18(20-13)12-4-3-7-19-9-12/h1-7,9,11H,8,10H2. The van der Waals surface area contributed by atoms with Gasteiger partial charge in [0.15, 0.2) is 12.2 Å². The molecule has 0 aliphatic heterocycles. The first-order chi connectivity index (χ1) is 12.3. The average molecular weight is 351 g/mol. The highest BCUT2D eigenvalue weighted by Gasteiger charge is 2.12. The van der Waals surface area contributed by atoms with E-state index in [-0.39, 0.29) is 19.0 Å². The van der Waals surface area contributed by atoms with E-state index in [0.29, 0.717) is 17.2 Å². The van der Waals surface area contributed by atoms with Crippen LogP contribution in [0.25, 0.3) is 21.7 Å². The smallest absolute Gasteiger partial charge is 0.312 e. The highest BCUT2D eigenvalue weighted by Crippen LogP contribution is 2.23. The zero-order valence-corrected chi connectivity index (χ0v) is 13.9. The minimum Gasteiger partial charge on any atom is -0.455 e. The van der Waals surface area contributed by atoms with Crippen molar-refractivity contribution in [2.75, 3.05) is 0 Å². The number of hydrogen-bond acceptors (Lipinski definition) is 7. The predicted octanol–water partition coefficient (Wildman–Crippen LogP) is 3.63. The van der Waals surface area contributed by atoms with Crippen molar-refractivity contribution in [1.82, 2.24) is 15.0 Å².